The molecule has 5 rings (SSSR count). The minimum Gasteiger partial charge on any atom is -0.492 e. The highest BCUT2D eigenvalue weighted by molar-refractivity contribution is 6.08. The largest absolute Gasteiger partial charge is 0.492 e. The zero-order chi connectivity index (χ0) is 27.2. The van der Waals surface area contributed by atoms with E-state index in [2.05, 4.69) is 58.4 Å². The number of hydrogen-bond acceptors (Lipinski definition) is 4. The number of rotatable bonds is 11. The van der Waals surface area contributed by atoms with Crippen molar-refractivity contribution in [3.05, 3.63) is 126 Å². The molecule has 0 radical (unpaired) electrons. The predicted molar refractivity (Wildman–Crippen MR) is 154 cm³/mol. The highest BCUT2D eigenvalue weighted by Gasteiger charge is 2.18. The van der Waals surface area contributed by atoms with Crippen LogP contribution in [0.3, 0.4) is 0 Å². The number of hydrogen-bond donors (Lipinski definition) is 2. The fourth-order valence-electron chi connectivity index (χ4n) is 4.86. The Balaban J connectivity index is 1.20. The maximum Gasteiger partial charge on any atom is 0.326 e. The van der Waals surface area contributed by atoms with E-state index in [1.54, 1.807) is 31.2 Å². The molecular weight excluding hydrogens is 488 g/mol. The lowest BCUT2D eigenvalue weighted by molar-refractivity contribution is -0.139. The van der Waals surface area contributed by atoms with Gasteiger partial charge >= 0.3 is 5.97 Å². The number of aliphatic carboxylic acids is 1. The summed E-state index contributed by atoms with van der Waals surface area (Å²) in [6, 6.07) is 32.3. The minimum atomic E-state index is -0.985. The summed E-state index contributed by atoms with van der Waals surface area (Å²) in [7, 11) is 0. The third-order valence-corrected chi connectivity index (χ3v) is 6.73. The molecule has 1 heterocycles. The highest BCUT2D eigenvalue weighted by atomic mass is 16.5. The smallest absolute Gasteiger partial charge is 0.326 e. The van der Waals surface area contributed by atoms with Crippen molar-refractivity contribution in [3.8, 4) is 5.75 Å². The van der Waals surface area contributed by atoms with Crippen LogP contribution in [0.1, 0.15) is 22.8 Å². The van der Waals surface area contributed by atoms with Gasteiger partial charge in [0.25, 0.3) is 0 Å². The number of carboxylic acids is 1. The van der Waals surface area contributed by atoms with Gasteiger partial charge in [-0.05, 0) is 36.8 Å². The number of nitrogens with zero attached hydrogens (tertiary/aromatic N) is 1. The second-order valence-electron chi connectivity index (χ2n) is 9.48. The molecule has 0 saturated carbocycles. The number of nitrogens with one attached hydrogen (secondary N) is 1. The van der Waals surface area contributed by atoms with E-state index in [-0.39, 0.29) is 12.2 Å². The van der Waals surface area contributed by atoms with Crippen molar-refractivity contribution >= 4 is 33.6 Å². The van der Waals surface area contributed by atoms with Crippen LogP contribution in [0.2, 0.25) is 0 Å². The number of benzene rings is 4. The molecule has 0 aliphatic heterocycles. The van der Waals surface area contributed by atoms with Gasteiger partial charge in [-0.15, -0.1) is 0 Å². The molecule has 0 aliphatic carbocycles. The average molecular weight is 519 g/mol. The predicted octanol–water partition coefficient (Wildman–Crippen LogP) is 6.25. The number of carboxylic acid groups (broad SMARTS) is 1. The van der Waals surface area contributed by atoms with Gasteiger partial charge in [0, 0.05) is 45.6 Å². The molecule has 6 nitrogen and oxygen atoms in total. The van der Waals surface area contributed by atoms with Gasteiger partial charge in [0.15, 0.2) is 5.78 Å². The van der Waals surface area contributed by atoms with E-state index >= 15 is 0 Å². The molecule has 5 aromatic rings. The Bertz CT molecular complexity index is 1580. The summed E-state index contributed by atoms with van der Waals surface area (Å²) in [4.78, 5) is 24.3. The first-order chi connectivity index (χ1) is 19.0. The van der Waals surface area contributed by atoms with E-state index in [0.29, 0.717) is 24.4 Å². The molecular formula is C33H30N2O4. The Labute approximate surface area is 227 Å². The van der Waals surface area contributed by atoms with Crippen molar-refractivity contribution in [2.24, 2.45) is 0 Å². The van der Waals surface area contributed by atoms with Crippen molar-refractivity contribution in [2.45, 2.75) is 25.9 Å². The van der Waals surface area contributed by atoms with Crippen LogP contribution in [0.15, 0.2) is 115 Å². The standard InChI is InChI=1S/C33H30N2O4/c1-23(21-32(36)25-9-3-2-4-10-25)34-29(33(37)38)22-24-15-17-26(18-16-24)39-20-19-35-30-13-7-5-11-27(30)28-12-6-8-14-31(28)35/h2-18,21,29,34H,19-20,22H2,1H3,(H,37,38)/b23-21-/t29-/m0/s1. The van der Waals surface area contributed by atoms with Gasteiger partial charge in [-0.3, -0.25) is 4.79 Å². The lowest BCUT2D eigenvalue weighted by atomic mass is 10.1. The molecule has 0 unspecified atom stereocenters. The lowest BCUT2D eigenvalue weighted by Crippen LogP contribution is -2.37. The Morgan fingerprint density at radius 3 is 2.05 bits per heavy atom. The van der Waals surface area contributed by atoms with Gasteiger partial charge < -0.3 is 19.7 Å². The monoisotopic (exact) mass is 518 g/mol. The summed E-state index contributed by atoms with van der Waals surface area (Å²) < 4.78 is 8.31. The molecule has 2 N–H and O–H groups in total. The van der Waals surface area contributed by atoms with Crippen LogP contribution in [0.25, 0.3) is 21.8 Å². The van der Waals surface area contributed by atoms with Crippen LogP contribution in [0.5, 0.6) is 5.75 Å². The van der Waals surface area contributed by atoms with Gasteiger partial charge in [-0.2, -0.15) is 0 Å². The van der Waals surface area contributed by atoms with Crippen LogP contribution in [0.4, 0.5) is 0 Å². The van der Waals surface area contributed by atoms with E-state index < -0.39 is 12.0 Å². The van der Waals surface area contributed by atoms with E-state index in [4.69, 9.17) is 4.74 Å². The van der Waals surface area contributed by atoms with Crippen molar-refractivity contribution in [1.29, 1.82) is 0 Å². The van der Waals surface area contributed by atoms with Gasteiger partial charge in [-0.1, -0.05) is 78.9 Å². The van der Waals surface area contributed by atoms with Crippen molar-refractivity contribution in [1.82, 2.24) is 9.88 Å². The van der Waals surface area contributed by atoms with Gasteiger partial charge in [-0.25, -0.2) is 4.79 Å². The summed E-state index contributed by atoms with van der Waals surface area (Å²) in [6.07, 6.45) is 1.70. The first kappa shape index (κ1) is 25.8. The quantitative estimate of drug-likeness (QED) is 0.160. The molecule has 1 atom stereocenters. The number of allylic oxidation sites excluding steroid dienone is 2. The van der Waals surface area contributed by atoms with Gasteiger partial charge in [0.1, 0.15) is 18.4 Å². The number of carbonyl (C=O) groups excluding carboxylic acids is 1. The fraction of sp³-hybridized carbons (Fsp3) is 0.152. The Morgan fingerprint density at radius 1 is 0.846 bits per heavy atom. The molecule has 0 saturated heterocycles. The van der Waals surface area contributed by atoms with Crippen LogP contribution in [-0.2, 0) is 17.8 Å². The average Bonchev–Trinajstić information content (AvgIpc) is 3.27. The van der Waals surface area contributed by atoms with E-state index in [0.717, 1.165) is 11.3 Å². The second-order valence-corrected chi connectivity index (χ2v) is 9.48. The molecule has 0 amide bonds. The molecule has 39 heavy (non-hydrogen) atoms. The SMILES string of the molecule is C/C(=C/C(=O)c1ccccc1)N[C@@H](Cc1ccc(OCCn2c3ccccc3c3ccccc32)cc1)C(=O)O. The van der Waals surface area contributed by atoms with Crippen molar-refractivity contribution < 1.29 is 19.4 Å². The van der Waals surface area contributed by atoms with Crippen molar-refractivity contribution in [3.63, 3.8) is 0 Å². The summed E-state index contributed by atoms with van der Waals surface area (Å²) >= 11 is 0. The van der Waals surface area contributed by atoms with Crippen LogP contribution in [-0.4, -0.2) is 34.1 Å². The first-order valence-corrected chi connectivity index (χ1v) is 12.9. The topological polar surface area (TPSA) is 80.6 Å². The summed E-state index contributed by atoms with van der Waals surface area (Å²) in [5.41, 5.74) is 4.27. The lowest BCUT2D eigenvalue weighted by Gasteiger charge is -2.16. The molecule has 0 fully saturated rings. The molecule has 0 spiro atoms. The maximum atomic E-state index is 12.4. The van der Waals surface area contributed by atoms with Gasteiger partial charge in [0.05, 0.1) is 6.54 Å². The molecule has 0 aliphatic rings. The third-order valence-electron chi connectivity index (χ3n) is 6.73. The van der Waals surface area contributed by atoms with Crippen LogP contribution in [0, 0.1) is 0 Å². The fourth-order valence-corrected chi connectivity index (χ4v) is 4.86. The van der Waals surface area contributed by atoms with Crippen LogP contribution >= 0.6 is 0 Å². The van der Waals surface area contributed by atoms with Gasteiger partial charge in [0.2, 0.25) is 0 Å². The highest BCUT2D eigenvalue weighted by Crippen LogP contribution is 2.28. The Kier molecular flexibility index (Phi) is 7.73. The molecule has 1 aromatic heterocycles. The second kappa shape index (κ2) is 11.7. The number of carbonyl (C=O) groups is 2. The van der Waals surface area contributed by atoms with E-state index in [9.17, 15) is 14.7 Å². The normalized spacial score (nSPS) is 12.4. The number of para-hydroxylation sites is 2. The number of ether oxygens (including phenoxy) is 1. The molecule has 196 valence electrons. The minimum absolute atomic E-state index is 0.174. The Morgan fingerprint density at radius 2 is 1.44 bits per heavy atom. The van der Waals surface area contributed by atoms with E-state index in [1.165, 1.54) is 27.9 Å². The summed E-state index contributed by atoms with van der Waals surface area (Å²) in [5.74, 6) is -0.433. The third kappa shape index (κ3) is 6.02. The molecule has 0 bridgehead atoms. The Hall–Kier alpha value is -4.84. The first-order valence-electron chi connectivity index (χ1n) is 12.9. The summed E-state index contributed by atoms with van der Waals surface area (Å²) in [6.45, 7) is 2.90. The maximum absolute atomic E-state index is 12.4. The van der Waals surface area contributed by atoms with Crippen LogP contribution < -0.4 is 10.1 Å². The number of aromatic nitrogens is 1. The zero-order valence-corrected chi connectivity index (χ0v) is 21.7. The number of fused-ring (bicyclic) bond motifs is 3. The molecule has 4 aromatic carbocycles. The van der Waals surface area contributed by atoms with Crippen molar-refractivity contribution in [2.75, 3.05) is 6.61 Å². The number of ketones is 1. The zero-order valence-electron chi connectivity index (χ0n) is 21.7. The molecule has 6 heteroatoms. The summed E-state index contributed by atoms with van der Waals surface area (Å²) in [5, 5.41) is 15.2. The van der Waals surface area contributed by atoms with E-state index in [1.807, 2.05) is 30.3 Å².